The Balaban J connectivity index is 1.85. The van der Waals surface area contributed by atoms with Crippen molar-refractivity contribution in [1.82, 2.24) is 0 Å². The van der Waals surface area contributed by atoms with Gasteiger partial charge in [-0.05, 0) is 56.3 Å². The van der Waals surface area contributed by atoms with Crippen LogP contribution in [0.4, 0.5) is 10.8 Å². The second-order valence-electron chi connectivity index (χ2n) is 6.71. The molecule has 1 N–H and O–H groups in total. The van der Waals surface area contributed by atoms with Crippen molar-refractivity contribution in [3.8, 4) is 16.9 Å². The van der Waals surface area contributed by atoms with Gasteiger partial charge in [-0.15, -0.1) is 0 Å². The highest BCUT2D eigenvalue weighted by Crippen LogP contribution is 2.33. The third kappa shape index (κ3) is 3.93. The Bertz CT molecular complexity index is 1120. The van der Waals surface area contributed by atoms with Crippen molar-refractivity contribution in [2.45, 2.75) is 13.8 Å². The summed E-state index contributed by atoms with van der Waals surface area (Å²) in [4.78, 5) is 0. The highest BCUT2D eigenvalue weighted by Gasteiger charge is 2.23. The summed E-state index contributed by atoms with van der Waals surface area (Å²) in [5.41, 5.74) is 6.53. The zero-order valence-electron chi connectivity index (χ0n) is 15.5. The topological polar surface area (TPSA) is 15.9 Å². The molecule has 28 heavy (non-hydrogen) atoms. The fourth-order valence-corrected chi connectivity index (χ4v) is 4.45. The van der Waals surface area contributed by atoms with Crippen LogP contribution in [0.1, 0.15) is 11.1 Å². The van der Waals surface area contributed by atoms with Gasteiger partial charge in [-0.3, -0.25) is 0 Å². The fraction of sp³-hybridized carbons (Fsp3) is 0.0870. The number of nitrogens with zero attached hydrogens (tertiary/aromatic N) is 1. The van der Waals surface area contributed by atoms with Gasteiger partial charge in [0.15, 0.2) is 5.69 Å². The number of hydrogen-bond acceptors (Lipinski definition) is 2. The van der Waals surface area contributed by atoms with Crippen molar-refractivity contribution < 1.29 is 4.57 Å². The van der Waals surface area contributed by atoms with Crippen molar-refractivity contribution in [3.05, 3.63) is 93.3 Å². The molecule has 2 nitrogen and oxygen atoms in total. The molecule has 0 aliphatic heterocycles. The van der Waals surface area contributed by atoms with Gasteiger partial charge in [0, 0.05) is 16.0 Å². The molecular formula is C23H19Cl2N2S+. The maximum absolute atomic E-state index is 6.52. The molecule has 3 aromatic carbocycles. The molecule has 0 atom stereocenters. The number of aryl methyl sites for hydroxylation is 2. The molecule has 140 valence electrons. The van der Waals surface area contributed by atoms with Crippen LogP contribution in [0.25, 0.3) is 16.9 Å². The second-order valence-corrected chi connectivity index (χ2v) is 8.41. The molecule has 0 radical (unpaired) electrons. The third-order valence-corrected chi connectivity index (χ3v) is 5.93. The zero-order chi connectivity index (χ0) is 19.7. The van der Waals surface area contributed by atoms with E-state index in [9.17, 15) is 0 Å². The average Bonchev–Trinajstić information content (AvgIpc) is 3.07. The minimum absolute atomic E-state index is 0.629. The molecule has 1 aromatic heterocycles. The molecule has 0 amide bonds. The Morgan fingerprint density at radius 2 is 1.46 bits per heavy atom. The van der Waals surface area contributed by atoms with Crippen LogP contribution in [-0.4, -0.2) is 0 Å². The molecule has 4 rings (SSSR count). The Morgan fingerprint density at radius 1 is 0.821 bits per heavy atom. The van der Waals surface area contributed by atoms with E-state index in [-0.39, 0.29) is 0 Å². The van der Waals surface area contributed by atoms with Crippen LogP contribution >= 0.6 is 34.5 Å². The van der Waals surface area contributed by atoms with Gasteiger partial charge >= 0.3 is 5.13 Å². The van der Waals surface area contributed by atoms with E-state index in [2.05, 4.69) is 77.6 Å². The van der Waals surface area contributed by atoms with E-state index in [0.29, 0.717) is 10.0 Å². The first kappa shape index (κ1) is 19.0. The minimum Gasteiger partial charge on any atom is -0.231 e. The van der Waals surface area contributed by atoms with Gasteiger partial charge in [-0.2, -0.15) is 4.57 Å². The van der Waals surface area contributed by atoms with Crippen molar-refractivity contribution in [2.75, 3.05) is 5.32 Å². The van der Waals surface area contributed by atoms with Crippen LogP contribution in [0.2, 0.25) is 10.0 Å². The van der Waals surface area contributed by atoms with E-state index in [4.69, 9.17) is 23.2 Å². The van der Waals surface area contributed by atoms with E-state index >= 15 is 0 Å². The normalized spacial score (nSPS) is 10.9. The lowest BCUT2D eigenvalue weighted by Crippen LogP contribution is -2.33. The van der Waals surface area contributed by atoms with E-state index in [1.54, 1.807) is 17.4 Å². The van der Waals surface area contributed by atoms with Crippen molar-refractivity contribution >= 4 is 45.4 Å². The summed E-state index contributed by atoms with van der Waals surface area (Å²) in [6.45, 7) is 4.17. The molecule has 0 saturated heterocycles. The Kier molecular flexibility index (Phi) is 5.40. The highest BCUT2D eigenvalue weighted by molar-refractivity contribution is 7.13. The summed E-state index contributed by atoms with van der Waals surface area (Å²) in [6, 6.07) is 22.5. The number of aromatic nitrogens is 1. The van der Waals surface area contributed by atoms with Crippen LogP contribution in [0, 0.1) is 13.8 Å². The number of nitrogens with one attached hydrogen (secondary N) is 1. The van der Waals surface area contributed by atoms with Gasteiger partial charge in [0.25, 0.3) is 0 Å². The van der Waals surface area contributed by atoms with Crippen molar-refractivity contribution in [3.63, 3.8) is 0 Å². The van der Waals surface area contributed by atoms with Crippen LogP contribution in [0.3, 0.4) is 0 Å². The minimum atomic E-state index is 0.629. The molecule has 5 heteroatoms. The van der Waals surface area contributed by atoms with Crippen LogP contribution in [-0.2, 0) is 0 Å². The number of benzene rings is 3. The van der Waals surface area contributed by atoms with E-state index in [1.165, 1.54) is 11.1 Å². The zero-order valence-corrected chi connectivity index (χ0v) is 17.9. The number of hydrogen-bond donors (Lipinski definition) is 1. The maximum atomic E-state index is 6.52. The van der Waals surface area contributed by atoms with Gasteiger partial charge in [0.1, 0.15) is 11.4 Å². The molecule has 0 fully saturated rings. The van der Waals surface area contributed by atoms with Crippen LogP contribution < -0.4 is 9.88 Å². The molecular weight excluding hydrogens is 407 g/mol. The smallest absolute Gasteiger partial charge is 0.231 e. The largest absolute Gasteiger partial charge is 0.344 e. The summed E-state index contributed by atoms with van der Waals surface area (Å²) >= 11 is 14.3. The average molecular weight is 426 g/mol. The summed E-state index contributed by atoms with van der Waals surface area (Å²) < 4.78 is 2.19. The molecule has 0 unspecified atom stereocenters. The SMILES string of the molecule is Cc1ccc(Nc2scc(-c3ccc(Cl)cc3Cl)[n+]2-c2ccc(C)cc2)cc1. The van der Waals surface area contributed by atoms with Crippen LogP contribution in [0.5, 0.6) is 0 Å². The van der Waals surface area contributed by atoms with Gasteiger partial charge in [0.2, 0.25) is 0 Å². The van der Waals surface area contributed by atoms with Gasteiger partial charge in [-0.1, -0.05) is 69.9 Å². The van der Waals surface area contributed by atoms with Gasteiger partial charge in [0.05, 0.1) is 5.02 Å². The third-order valence-electron chi connectivity index (χ3n) is 4.53. The highest BCUT2D eigenvalue weighted by atomic mass is 35.5. The lowest BCUT2D eigenvalue weighted by atomic mass is 10.1. The molecule has 0 aliphatic rings. The standard InChI is InChI=1S/C23H18Cl2N2S/c1-15-3-8-18(9-4-15)26-23-27(19-10-5-16(2)6-11-19)22(14-28-23)20-12-7-17(24)13-21(20)25/h3-14H,1-2H3/p+1. The molecule has 0 saturated carbocycles. The lowest BCUT2D eigenvalue weighted by Gasteiger charge is -2.08. The maximum Gasteiger partial charge on any atom is 0.344 e. The first-order valence-electron chi connectivity index (χ1n) is 8.91. The summed E-state index contributed by atoms with van der Waals surface area (Å²) in [7, 11) is 0. The molecule has 1 heterocycles. The first-order valence-corrected chi connectivity index (χ1v) is 10.5. The Hall–Kier alpha value is -2.33. The van der Waals surface area contributed by atoms with Crippen molar-refractivity contribution in [1.29, 1.82) is 0 Å². The molecule has 0 spiro atoms. The number of anilines is 2. The van der Waals surface area contributed by atoms with E-state index in [0.717, 1.165) is 27.8 Å². The Morgan fingerprint density at radius 3 is 2.11 bits per heavy atom. The number of thiazole rings is 1. The van der Waals surface area contributed by atoms with Crippen LogP contribution in [0.15, 0.2) is 72.1 Å². The molecule has 0 aliphatic carbocycles. The second kappa shape index (κ2) is 7.96. The quantitative estimate of drug-likeness (QED) is 0.337. The Labute approximate surface area is 179 Å². The van der Waals surface area contributed by atoms with E-state index < -0.39 is 0 Å². The summed E-state index contributed by atoms with van der Waals surface area (Å²) in [5, 5.41) is 7.93. The number of halogens is 2. The van der Waals surface area contributed by atoms with Gasteiger partial charge < -0.3 is 0 Å². The monoisotopic (exact) mass is 425 g/mol. The van der Waals surface area contributed by atoms with Gasteiger partial charge in [-0.25, -0.2) is 5.32 Å². The predicted molar refractivity (Wildman–Crippen MR) is 121 cm³/mol. The molecule has 4 aromatic rings. The number of rotatable bonds is 4. The summed E-state index contributed by atoms with van der Waals surface area (Å²) in [5.74, 6) is 0. The van der Waals surface area contributed by atoms with Crippen molar-refractivity contribution in [2.24, 2.45) is 0 Å². The summed E-state index contributed by atoms with van der Waals surface area (Å²) in [6.07, 6.45) is 0. The lowest BCUT2D eigenvalue weighted by molar-refractivity contribution is -0.563. The first-order chi connectivity index (χ1) is 13.5. The molecule has 0 bridgehead atoms. The fourth-order valence-electron chi connectivity index (χ4n) is 3.00. The predicted octanol–water partition coefficient (Wildman–Crippen LogP) is 7.36. The van der Waals surface area contributed by atoms with E-state index in [1.807, 2.05) is 12.1 Å².